The van der Waals surface area contributed by atoms with Crippen molar-refractivity contribution < 1.29 is 14.6 Å². The van der Waals surface area contributed by atoms with Crippen molar-refractivity contribution in [3.05, 3.63) is 0 Å². The lowest BCUT2D eigenvalue weighted by Crippen LogP contribution is -2.38. The summed E-state index contributed by atoms with van der Waals surface area (Å²) in [6, 6.07) is 0. The molecular weight excluding hydrogens is 224 g/mol. The van der Waals surface area contributed by atoms with Crippen molar-refractivity contribution in [1.29, 1.82) is 0 Å². The Morgan fingerprint density at radius 1 is 1.19 bits per heavy atom. The molecule has 0 aromatic rings. The maximum atomic E-state index is 10.0. The van der Waals surface area contributed by atoms with Crippen molar-refractivity contribution >= 4 is 11.8 Å². The molecule has 1 aliphatic rings. The van der Waals surface area contributed by atoms with Crippen molar-refractivity contribution in [2.45, 2.75) is 69.5 Å². The Kier molecular flexibility index (Phi) is 5.57. The monoisotopic (exact) mass is 248 g/mol. The number of aliphatic hydroxyl groups excluding tert-OH is 1. The van der Waals surface area contributed by atoms with E-state index < -0.39 is 0 Å². The van der Waals surface area contributed by atoms with Gasteiger partial charge in [-0.1, -0.05) is 6.92 Å². The highest BCUT2D eigenvalue weighted by Crippen LogP contribution is 2.36. The largest absolute Gasteiger partial charge is 0.389 e. The first-order valence-electron chi connectivity index (χ1n) is 6.02. The van der Waals surface area contributed by atoms with Gasteiger partial charge in [0.15, 0.2) is 0 Å². The van der Waals surface area contributed by atoms with E-state index in [1.807, 2.05) is 34.6 Å². The highest BCUT2D eigenvalue weighted by atomic mass is 32.2. The molecule has 1 rings (SSSR count). The number of rotatable bonds is 5. The molecule has 4 atom stereocenters. The first-order chi connectivity index (χ1) is 7.41. The molecule has 4 heteroatoms. The van der Waals surface area contributed by atoms with E-state index in [0.29, 0.717) is 6.61 Å². The van der Waals surface area contributed by atoms with Crippen LogP contribution in [0.3, 0.4) is 0 Å². The fraction of sp³-hybridized carbons (Fsp3) is 1.00. The van der Waals surface area contributed by atoms with E-state index in [0.717, 1.165) is 0 Å². The average Bonchev–Trinajstić information content (AvgIpc) is 2.42. The van der Waals surface area contributed by atoms with Gasteiger partial charge in [0.25, 0.3) is 0 Å². The highest BCUT2D eigenvalue weighted by molar-refractivity contribution is 8.00. The predicted molar refractivity (Wildman–Crippen MR) is 67.9 cm³/mol. The van der Waals surface area contributed by atoms with Crippen LogP contribution in [0, 0.1) is 0 Å². The second kappa shape index (κ2) is 6.24. The summed E-state index contributed by atoms with van der Waals surface area (Å²) in [5.41, 5.74) is 0. The molecule has 0 aromatic carbocycles. The van der Waals surface area contributed by atoms with Crippen LogP contribution in [0.15, 0.2) is 0 Å². The third-order valence-electron chi connectivity index (χ3n) is 2.60. The first-order valence-corrected chi connectivity index (χ1v) is 6.96. The minimum atomic E-state index is -0.381. The number of ether oxygens (including phenoxy) is 2. The van der Waals surface area contributed by atoms with Crippen molar-refractivity contribution in [2.24, 2.45) is 0 Å². The molecule has 1 saturated heterocycles. The number of aliphatic hydroxyl groups is 1. The first kappa shape index (κ1) is 14.3. The van der Waals surface area contributed by atoms with Gasteiger partial charge >= 0.3 is 0 Å². The zero-order valence-corrected chi connectivity index (χ0v) is 11.7. The molecule has 1 aliphatic heterocycles. The Morgan fingerprint density at radius 3 is 2.31 bits per heavy atom. The molecule has 0 radical (unpaired) electrons. The van der Waals surface area contributed by atoms with Crippen molar-refractivity contribution in [3.8, 4) is 0 Å². The topological polar surface area (TPSA) is 38.7 Å². The zero-order chi connectivity index (χ0) is 12.3. The Hall–Kier alpha value is 0.230. The summed E-state index contributed by atoms with van der Waals surface area (Å²) in [6.07, 6.45) is -0.104. The van der Waals surface area contributed by atoms with Crippen LogP contribution < -0.4 is 0 Å². The Labute approximate surface area is 103 Å². The summed E-state index contributed by atoms with van der Waals surface area (Å²) < 4.78 is 11.4. The molecule has 3 nitrogen and oxygen atoms in total. The standard InChI is InChI=1S/C12H24O3S/c1-7(2)14-6-10-12(15-8(3)4)11(13)9(5)16-10/h7-13H,6H2,1-5H3/t9-,10+,11?,12-/m0/s1. The van der Waals surface area contributed by atoms with E-state index in [1.165, 1.54) is 0 Å². The number of thioether (sulfide) groups is 1. The smallest absolute Gasteiger partial charge is 0.0988 e. The van der Waals surface area contributed by atoms with Gasteiger partial charge in [-0.2, -0.15) is 0 Å². The second-order valence-corrected chi connectivity index (χ2v) is 6.52. The summed E-state index contributed by atoms with van der Waals surface area (Å²) in [6.45, 7) is 10.7. The summed E-state index contributed by atoms with van der Waals surface area (Å²) >= 11 is 1.77. The van der Waals surface area contributed by atoms with Gasteiger partial charge in [-0.05, 0) is 27.7 Å². The molecule has 0 aliphatic carbocycles. The van der Waals surface area contributed by atoms with Crippen molar-refractivity contribution in [2.75, 3.05) is 6.61 Å². The predicted octanol–water partition coefficient (Wildman–Crippen LogP) is 2.07. The lowest BCUT2D eigenvalue weighted by atomic mass is 10.1. The van der Waals surface area contributed by atoms with E-state index in [9.17, 15) is 5.11 Å². The summed E-state index contributed by atoms with van der Waals surface area (Å²) in [5, 5.41) is 10.5. The summed E-state index contributed by atoms with van der Waals surface area (Å²) in [5.74, 6) is 0. The van der Waals surface area contributed by atoms with Gasteiger partial charge < -0.3 is 14.6 Å². The molecule has 1 fully saturated rings. The van der Waals surface area contributed by atoms with Crippen LogP contribution in [0.4, 0.5) is 0 Å². The third-order valence-corrected chi connectivity index (χ3v) is 4.06. The van der Waals surface area contributed by atoms with E-state index in [4.69, 9.17) is 9.47 Å². The van der Waals surface area contributed by atoms with E-state index in [-0.39, 0.29) is 34.9 Å². The van der Waals surface area contributed by atoms with Crippen LogP contribution >= 0.6 is 11.8 Å². The van der Waals surface area contributed by atoms with Gasteiger partial charge in [-0.25, -0.2) is 0 Å². The average molecular weight is 248 g/mol. The van der Waals surface area contributed by atoms with Crippen LogP contribution in [0.1, 0.15) is 34.6 Å². The van der Waals surface area contributed by atoms with Gasteiger partial charge in [-0.15, -0.1) is 11.8 Å². The molecule has 0 saturated carbocycles. The van der Waals surface area contributed by atoms with Gasteiger partial charge in [-0.3, -0.25) is 0 Å². The Balaban J connectivity index is 2.52. The molecule has 1 N–H and O–H groups in total. The maximum absolute atomic E-state index is 10.0. The number of hydrogen-bond acceptors (Lipinski definition) is 4. The number of hydrogen-bond donors (Lipinski definition) is 1. The molecule has 0 aromatic heterocycles. The minimum absolute atomic E-state index is 0.0984. The van der Waals surface area contributed by atoms with E-state index in [1.54, 1.807) is 11.8 Å². The lowest BCUT2D eigenvalue weighted by Gasteiger charge is -2.24. The SMILES string of the molecule is CC(C)OC[C@H]1S[C@@H](C)C(O)[C@H]1OC(C)C. The van der Waals surface area contributed by atoms with Crippen LogP contribution in [-0.2, 0) is 9.47 Å². The second-order valence-electron chi connectivity index (χ2n) is 4.90. The van der Waals surface area contributed by atoms with Crippen LogP contribution in [0.2, 0.25) is 0 Å². The van der Waals surface area contributed by atoms with Gasteiger partial charge in [0.2, 0.25) is 0 Å². The molecule has 0 bridgehead atoms. The Morgan fingerprint density at radius 2 is 1.81 bits per heavy atom. The Bertz CT molecular complexity index is 208. The maximum Gasteiger partial charge on any atom is 0.0988 e. The molecule has 0 amide bonds. The van der Waals surface area contributed by atoms with Crippen LogP contribution in [0.5, 0.6) is 0 Å². The fourth-order valence-electron chi connectivity index (χ4n) is 1.82. The summed E-state index contributed by atoms with van der Waals surface area (Å²) in [4.78, 5) is 0. The molecule has 96 valence electrons. The van der Waals surface area contributed by atoms with Gasteiger partial charge in [0.1, 0.15) is 0 Å². The van der Waals surface area contributed by atoms with Crippen LogP contribution in [-0.4, -0.2) is 46.6 Å². The quantitative estimate of drug-likeness (QED) is 0.808. The van der Waals surface area contributed by atoms with Gasteiger partial charge in [0, 0.05) is 5.25 Å². The molecule has 0 spiro atoms. The highest BCUT2D eigenvalue weighted by Gasteiger charge is 2.42. The van der Waals surface area contributed by atoms with Crippen molar-refractivity contribution in [3.63, 3.8) is 0 Å². The summed E-state index contributed by atoms with van der Waals surface area (Å²) in [7, 11) is 0. The van der Waals surface area contributed by atoms with Crippen molar-refractivity contribution in [1.82, 2.24) is 0 Å². The fourth-order valence-corrected chi connectivity index (χ4v) is 3.23. The lowest BCUT2D eigenvalue weighted by molar-refractivity contribution is -0.0684. The van der Waals surface area contributed by atoms with Gasteiger partial charge in [0.05, 0.1) is 36.3 Å². The third kappa shape index (κ3) is 3.91. The normalized spacial score (nSPS) is 35.2. The molecule has 16 heavy (non-hydrogen) atoms. The molecule has 1 unspecified atom stereocenters. The zero-order valence-electron chi connectivity index (χ0n) is 10.8. The molecular formula is C12H24O3S. The van der Waals surface area contributed by atoms with E-state index in [2.05, 4.69) is 0 Å². The van der Waals surface area contributed by atoms with Crippen LogP contribution in [0.25, 0.3) is 0 Å². The molecule has 1 heterocycles. The van der Waals surface area contributed by atoms with E-state index >= 15 is 0 Å². The minimum Gasteiger partial charge on any atom is -0.389 e.